The number of fused-ring (bicyclic) bond motifs is 5. The monoisotopic (exact) mass is 272 g/mol. The lowest BCUT2D eigenvalue weighted by Gasteiger charge is -2.18. The molecule has 0 spiro atoms. The standard InChI is InChI=1S/C14H16N4S/c1-7-5-4-6-10-11(7)12-13-15-8(2)17-18(13)9(3)16-14(12)19-10/h7H,4-6H2,1-3H3. The lowest BCUT2D eigenvalue weighted by atomic mass is 9.87. The van der Waals surface area contributed by atoms with Gasteiger partial charge in [0.1, 0.15) is 16.5 Å². The Morgan fingerprint density at radius 1 is 1.26 bits per heavy atom. The molecule has 4 rings (SSSR count). The Morgan fingerprint density at radius 2 is 2.11 bits per heavy atom. The van der Waals surface area contributed by atoms with Gasteiger partial charge < -0.3 is 0 Å². The van der Waals surface area contributed by atoms with Crippen molar-refractivity contribution in [2.24, 2.45) is 0 Å². The molecule has 1 unspecified atom stereocenters. The van der Waals surface area contributed by atoms with Crippen molar-refractivity contribution in [3.05, 3.63) is 22.1 Å². The first-order chi connectivity index (χ1) is 9.15. The summed E-state index contributed by atoms with van der Waals surface area (Å²) >= 11 is 1.85. The first-order valence-electron chi connectivity index (χ1n) is 6.80. The minimum Gasteiger partial charge on any atom is -0.222 e. The number of aromatic nitrogens is 4. The largest absolute Gasteiger partial charge is 0.222 e. The molecule has 98 valence electrons. The summed E-state index contributed by atoms with van der Waals surface area (Å²) in [6.45, 7) is 6.27. The Bertz CT molecular complexity index is 799. The first kappa shape index (κ1) is 11.3. The molecular weight excluding hydrogens is 256 g/mol. The number of hydrogen-bond acceptors (Lipinski definition) is 4. The number of aryl methyl sites for hydroxylation is 3. The van der Waals surface area contributed by atoms with E-state index < -0.39 is 0 Å². The highest BCUT2D eigenvalue weighted by Crippen LogP contribution is 2.42. The van der Waals surface area contributed by atoms with Crippen molar-refractivity contribution in [3.8, 4) is 0 Å². The minimum atomic E-state index is 0.614. The number of rotatable bonds is 0. The van der Waals surface area contributed by atoms with Crippen molar-refractivity contribution in [2.45, 2.75) is 46.0 Å². The van der Waals surface area contributed by atoms with Gasteiger partial charge in [-0.25, -0.2) is 9.97 Å². The molecule has 0 amide bonds. The fourth-order valence-corrected chi connectivity index (χ4v) is 4.56. The van der Waals surface area contributed by atoms with Gasteiger partial charge in [0, 0.05) is 4.88 Å². The zero-order valence-electron chi connectivity index (χ0n) is 11.4. The molecule has 3 heterocycles. The zero-order chi connectivity index (χ0) is 13.1. The van der Waals surface area contributed by atoms with Crippen molar-refractivity contribution < 1.29 is 0 Å². The van der Waals surface area contributed by atoms with Crippen LogP contribution < -0.4 is 0 Å². The van der Waals surface area contributed by atoms with Crippen molar-refractivity contribution in [3.63, 3.8) is 0 Å². The Hall–Kier alpha value is -1.49. The smallest absolute Gasteiger partial charge is 0.168 e. The van der Waals surface area contributed by atoms with Gasteiger partial charge in [-0.05, 0) is 44.6 Å². The van der Waals surface area contributed by atoms with Gasteiger partial charge in [0.05, 0.1) is 5.39 Å². The van der Waals surface area contributed by atoms with Gasteiger partial charge in [0.25, 0.3) is 0 Å². The Kier molecular flexibility index (Phi) is 2.24. The molecule has 0 fully saturated rings. The van der Waals surface area contributed by atoms with Crippen molar-refractivity contribution in [2.75, 3.05) is 0 Å². The van der Waals surface area contributed by atoms with Gasteiger partial charge in [-0.1, -0.05) is 6.92 Å². The van der Waals surface area contributed by atoms with E-state index in [2.05, 4.69) is 17.0 Å². The molecule has 0 saturated heterocycles. The van der Waals surface area contributed by atoms with E-state index in [1.165, 1.54) is 35.1 Å². The maximum Gasteiger partial charge on any atom is 0.168 e. The van der Waals surface area contributed by atoms with E-state index in [4.69, 9.17) is 4.98 Å². The van der Waals surface area contributed by atoms with E-state index >= 15 is 0 Å². The van der Waals surface area contributed by atoms with Crippen LogP contribution in [0.1, 0.15) is 47.8 Å². The summed E-state index contributed by atoms with van der Waals surface area (Å²) in [5.74, 6) is 2.36. The highest BCUT2D eigenvalue weighted by molar-refractivity contribution is 7.19. The molecule has 0 N–H and O–H groups in total. The summed E-state index contributed by atoms with van der Waals surface area (Å²) < 4.78 is 1.89. The normalized spacial score (nSPS) is 19.2. The van der Waals surface area contributed by atoms with E-state index in [9.17, 15) is 0 Å². The van der Waals surface area contributed by atoms with Crippen molar-refractivity contribution >= 4 is 27.2 Å². The average Bonchev–Trinajstić information content (AvgIpc) is 2.90. The van der Waals surface area contributed by atoms with Gasteiger partial charge in [-0.2, -0.15) is 4.52 Å². The summed E-state index contributed by atoms with van der Waals surface area (Å²) in [6, 6.07) is 0. The molecule has 19 heavy (non-hydrogen) atoms. The SMILES string of the molecule is Cc1nc2c3c4c(sc3nc(C)n2n1)CCCC4C. The Labute approximate surface area is 115 Å². The maximum atomic E-state index is 4.74. The molecule has 0 radical (unpaired) electrons. The van der Waals surface area contributed by atoms with Gasteiger partial charge in [0.15, 0.2) is 5.65 Å². The quantitative estimate of drug-likeness (QED) is 0.630. The molecule has 0 bridgehead atoms. The first-order valence-corrected chi connectivity index (χ1v) is 7.62. The third kappa shape index (κ3) is 1.48. The van der Waals surface area contributed by atoms with E-state index in [-0.39, 0.29) is 0 Å². The molecular formula is C14H16N4S. The van der Waals surface area contributed by atoms with Crippen LogP contribution in [0.25, 0.3) is 15.9 Å². The van der Waals surface area contributed by atoms with E-state index in [1.54, 1.807) is 0 Å². The summed E-state index contributed by atoms with van der Waals surface area (Å²) in [5, 5.41) is 5.71. The number of hydrogen-bond donors (Lipinski definition) is 0. The second kappa shape index (κ2) is 3.76. The van der Waals surface area contributed by atoms with Crippen molar-refractivity contribution in [1.82, 2.24) is 19.6 Å². The highest BCUT2D eigenvalue weighted by atomic mass is 32.1. The zero-order valence-corrected chi connectivity index (χ0v) is 12.2. The van der Waals surface area contributed by atoms with Gasteiger partial charge in [0.2, 0.25) is 0 Å². The number of thiophene rings is 1. The van der Waals surface area contributed by atoms with Gasteiger partial charge >= 0.3 is 0 Å². The van der Waals surface area contributed by atoms with Crippen LogP contribution in [0, 0.1) is 13.8 Å². The lowest BCUT2D eigenvalue weighted by molar-refractivity contribution is 0.602. The average molecular weight is 272 g/mol. The molecule has 1 atom stereocenters. The lowest BCUT2D eigenvalue weighted by Crippen LogP contribution is -2.05. The fourth-order valence-electron chi connectivity index (χ4n) is 3.19. The molecule has 0 saturated carbocycles. The highest BCUT2D eigenvalue weighted by Gasteiger charge is 2.25. The van der Waals surface area contributed by atoms with Gasteiger partial charge in [-0.3, -0.25) is 0 Å². The van der Waals surface area contributed by atoms with Crippen LogP contribution in [0.4, 0.5) is 0 Å². The second-order valence-electron chi connectivity index (χ2n) is 5.47. The van der Waals surface area contributed by atoms with Gasteiger partial charge in [-0.15, -0.1) is 16.4 Å². The third-order valence-corrected chi connectivity index (χ3v) is 5.20. The summed E-state index contributed by atoms with van der Waals surface area (Å²) in [7, 11) is 0. The van der Waals surface area contributed by atoms with Crippen LogP contribution in [-0.4, -0.2) is 19.6 Å². The van der Waals surface area contributed by atoms with Crippen LogP contribution in [-0.2, 0) is 6.42 Å². The molecule has 0 aliphatic heterocycles. The van der Waals surface area contributed by atoms with Crippen LogP contribution in [0.3, 0.4) is 0 Å². The molecule has 4 nitrogen and oxygen atoms in total. The van der Waals surface area contributed by atoms with E-state index in [0.29, 0.717) is 5.92 Å². The topological polar surface area (TPSA) is 43.1 Å². The summed E-state index contributed by atoms with van der Waals surface area (Å²) in [4.78, 5) is 12.0. The predicted octanol–water partition coefficient (Wildman–Crippen LogP) is 3.40. The summed E-state index contributed by atoms with van der Waals surface area (Å²) in [6.07, 6.45) is 3.76. The minimum absolute atomic E-state index is 0.614. The van der Waals surface area contributed by atoms with Crippen LogP contribution in [0.15, 0.2) is 0 Å². The van der Waals surface area contributed by atoms with E-state index in [0.717, 1.165) is 22.1 Å². The Balaban J connectivity index is 2.21. The van der Waals surface area contributed by atoms with E-state index in [1.807, 2.05) is 29.7 Å². The Morgan fingerprint density at radius 3 is 2.95 bits per heavy atom. The number of nitrogens with zero attached hydrogens (tertiary/aromatic N) is 4. The van der Waals surface area contributed by atoms with Crippen LogP contribution in [0.2, 0.25) is 0 Å². The maximum absolute atomic E-state index is 4.74. The van der Waals surface area contributed by atoms with Crippen LogP contribution >= 0.6 is 11.3 Å². The molecule has 5 heteroatoms. The third-order valence-electron chi connectivity index (χ3n) is 4.04. The summed E-state index contributed by atoms with van der Waals surface area (Å²) in [5.41, 5.74) is 2.47. The second-order valence-corrected chi connectivity index (χ2v) is 6.55. The molecule has 3 aromatic rings. The van der Waals surface area contributed by atoms with Crippen molar-refractivity contribution in [1.29, 1.82) is 0 Å². The molecule has 0 aromatic carbocycles. The molecule has 3 aromatic heterocycles. The molecule has 1 aliphatic carbocycles. The predicted molar refractivity (Wildman–Crippen MR) is 77.0 cm³/mol. The fraction of sp³-hybridized carbons (Fsp3) is 0.500. The molecule has 1 aliphatic rings. The van der Waals surface area contributed by atoms with Crippen LogP contribution in [0.5, 0.6) is 0 Å².